The third kappa shape index (κ3) is 4.07. The van der Waals surface area contributed by atoms with Crippen LogP contribution in [0, 0.1) is 0 Å². The molecular weight excluding hydrogens is 268 g/mol. The van der Waals surface area contributed by atoms with Gasteiger partial charge in [0.1, 0.15) is 5.75 Å². The molecule has 0 aliphatic heterocycles. The number of ether oxygens (including phenoxy) is 1. The second-order valence-electron chi connectivity index (χ2n) is 4.56. The largest absolute Gasteiger partial charge is 0.478 e. The van der Waals surface area contributed by atoms with Crippen molar-refractivity contribution in [2.75, 3.05) is 19.0 Å². The summed E-state index contributed by atoms with van der Waals surface area (Å²) in [5, 5.41) is 8.70. The van der Waals surface area contributed by atoms with Crippen molar-refractivity contribution < 1.29 is 14.6 Å². The first-order valence-corrected chi connectivity index (χ1v) is 6.37. The number of hydrogen-bond acceptors (Lipinski definition) is 4. The summed E-state index contributed by atoms with van der Waals surface area (Å²) in [6.45, 7) is 0. The monoisotopic (exact) mass is 284 g/mol. The smallest absolute Gasteiger partial charge is 0.328 e. The number of hydrogen-bond donors (Lipinski definition) is 1. The standard InChI is InChI=1S/C16H16N2O3/c1-18(2)13-6-3-7-14(11-13)21-16-12(5-4-10-17-16)8-9-15(19)20/h3-11H,1-2H3,(H,19,20)/b9-8+. The van der Waals surface area contributed by atoms with E-state index in [1.165, 1.54) is 6.08 Å². The zero-order valence-electron chi connectivity index (χ0n) is 11.9. The number of aliphatic carboxylic acids is 1. The molecule has 21 heavy (non-hydrogen) atoms. The quantitative estimate of drug-likeness (QED) is 0.855. The molecule has 0 fully saturated rings. The molecule has 0 spiro atoms. The van der Waals surface area contributed by atoms with Gasteiger partial charge in [0.25, 0.3) is 0 Å². The fourth-order valence-electron chi connectivity index (χ4n) is 1.71. The van der Waals surface area contributed by atoms with Gasteiger partial charge in [-0.05, 0) is 30.3 Å². The number of carboxylic acids is 1. The summed E-state index contributed by atoms with van der Waals surface area (Å²) in [6, 6.07) is 11.0. The third-order valence-electron chi connectivity index (χ3n) is 2.75. The van der Waals surface area contributed by atoms with Gasteiger partial charge in [-0.1, -0.05) is 6.07 Å². The SMILES string of the molecule is CN(C)c1cccc(Oc2ncccc2/C=C/C(=O)O)c1. The predicted octanol–water partition coefficient (Wildman–Crippen LogP) is 3.04. The number of rotatable bonds is 5. The van der Waals surface area contributed by atoms with Gasteiger partial charge in [-0.15, -0.1) is 0 Å². The van der Waals surface area contributed by atoms with Crippen molar-refractivity contribution in [2.24, 2.45) is 0 Å². The van der Waals surface area contributed by atoms with E-state index < -0.39 is 5.97 Å². The molecule has 0 saturated carbocycles. The van der Waals surface area contributed by atoms with E-state index in [9.17, 15) is 4.79 Å². The molecule has 0 aliphatic rings. The Bertz CT molecular complexity index is 666. The number of nitrogens with zero attached hydrogens (tertiary/aromatic N) is 2. The van der Waals surface area contributed by atoms with Crippen LogP contribution >= 0.6 is 0 Å². The fraction of sp³-hybridized carbons (Fsp3) is 0.125. The van der Waals surface area contributed by atoms with Gasteiger partial charge >= 0.3 is 5.97 Å². The molecule has 0 saturated heterocycles. The van der Waals surface area contributed by atoms with Crippen LogP contribution in [0.4, 0.5) is 5.69 Å². The van der Waals surface area contributed by atoms with Crippen LogP contribution in [0.25, 0.3) is 6.08 Å². The van der Waals surface area contributed by atoms with Crippen molar-refractivity contribution in [3.8, 4) is 11.6 Å². The first-order chi connectivity index (χ1) is 10.1. The van der Waals surface area contributed by atoms with E-state index in [4.69, 9.17) is 9.84 Å². The van der Waals surface area contributed by atoms with Gasteiger partial charge in [0.15, 0.2) is 0 Å². The number of benzene rings is 1. The van der Waals surface area contributed by atoms with Gasteiger partial charge < -0.3 is 14.7 Å². The fourth-order valence-corrected chi connectivity index (χ4v) is 1.71. The third-order valence-corrected chi connectivity index (χ3v) is 2.75. The van der Waals surface area contributed by atoms with Gasteiger partial charge in [-0.2, -0.15) is 0 Å². The lowest BCUT2D eigenvalue weighted by Gasteiger charge is -2.14. The van der Waals surface area contributed by atoms with Gasteiger partial charge in [-0.3, -0.25) is 0 Å². The van der Waals surface area contributed by atoms with Gasteiger partial charge in [-0.25, -0.2) is 9.78 Å². The lowest BCUT2D eigenvalue weighted by molar-refractivity contribution is -0.131. The number of carbonyl (C=O) groups is 1. The maximum Gasteiger partial charge on any atom is 0.328 e. The Morgan fingerprint density at radius 3 is 2.81 bits per heavy atom. The normalized spacial score (nSPS) is 10.6. The molecule has 1 aromatic heterocycles. The van der Waals surface area contributed by atoms with E-state index in [2.05, 4.69) is 4.98 Å². The Morgan fingerprint density at radius 1 is 1.29 bits per heavy atom. The average molecular weight is 284 g/mol. The lowest BCUT2D eigenvalue weighted by atomic mass is 10.2. The van der Waals surface area contributed by atoms with Crippen LogP contribution in [0.1, 0.15) is 5.56 Å². The van der Waals surface area contributed by atoms with Gasteiger partial charge in [0.05, 0.1) is 0 Å². The topological polar surface area (TPSA) is 62.7 Å². The average Bonchev–Trinajstić information content (AvgIpc) is 2.46. The highest BCUT2D eigenvalue weighted by Gasteiger charge is 2.05. The van der Waals surface area contributed by atoms with Crippen molar-refractivity contribution in [3.63, 3.8) is 0 Å². The minimum Gasteiger partial charge on any atom is -0.478 e. The van der Waals surface area contributed by atoms with Crippen LogP contribution in [0.15, 0.2) is 48.7 Å². The second-order valence-corrected chi connectivity index (χ2v) is 4.56. The summed E-state index contributed by atoms with van der Waals surface area (Å²) in [5.41, 5.74) is 1.61. The van der Waals surface area contributed by atoms with E-state index in [-0.39, 0.29) is 0 Å². The number of anilines is 1. The first kappa shape index (κ1) is 14.6. The first-order valence-electron chi connectivity index (χ1n) is 6.37. The van der Waals surface area contributed by atoms with Crippen molar-refractivity contribution in [2.45, 2.75) is 0 Å². The highest BCUT2D eigenvalue weighted by atomic mass is 16.5. The highest BCUT2D eigenvalue weighted by molar-refractivity contribution is 5.85. The summed E-state index contributed by atoms with van der Waals surface area (Å²) < 4.78 is 5.75. The van der Waals surface area contributed by atoms with E-state index in [0.29, 0.717) is 17.2 Å². The molecule has 1 N–H and O–H groups in total. The Kier molecular flexibility index (Phi) is 4.56. The van der Waals surface area contributed by atoms with Crippen molar-refractivity contribution in [1.82, 2.24) is 4.98 Å². The summed E-state index contributed by atoms with van der Waals surface area (Å²) in [7, 11) is 3.89. The van der Waals surface area contributed by atoms with Gasteiger partial charge in [0, 0.05) is 43.7 Å². The molecule has 108 valence electrons. The molecule has 5 nitrogen and oxygen atoms in total. The van der Waals surface area contributed by atoms with E-state index >= 15 is 0 Å². The van der Waals surface area contributed by atoms with Crippen LogP contribution in [-0.4, -0.2) is 30.2 Å². The Hall–Kier alpha value is -2.82. The van der Waals surface area contributed by atoms with Crippen LogP contribution < -0.4 is 9.64 Å². The van der Waals surface area contributed by atoms with Crippen molar-refractivity contribution >= 4 is 17.7 Å². The molecule has 0 aliphatic carbocycles. The predicted molar refractivity (Wildman–Crippen MR) is 81.7 cm³/mol. The Labute approximate surface area is 123 Å². The molecule has 0 bridgehead atoms. The molecular formula is C16H16N2O3. The molecule has 2 aromatic rings. The maximum absolute atomic E-state index is 10.6. The second kappa shape index (κ2) is 6.56. The molecule has 0 unspecified atom stereocenters. The number of pyridine rings is 1. The van der Waals surface area contributed by atoms with Crippen LogP contribution in [0.3, 0.4) is 0 Å². The minimum absolute atomic E-state index is 0.367. The summed E-state index contributed by atoms with van der Waals surface area (Å²) in [5.74, 6) is -0.00445. The highest BCUT2D eigenvalue weighted by Crippen LogP contribution is 2.26. The van der Waals surface area contributed by atoms with Crippen molar-refractivity contribution in [3.05, 3.63) is 54.2 Å². The van der Waals surface area contributed by atoms with E-state index in [1.54, 1.807) is 18.3 Å². The van der Waals surface area contributed by atoms with Crippen LogP contribution in [0.5, 0.6) is 11.6 Å². The molecule has 1 heterocycles. The van der Waals surface area contributed by atoms with Crippen LogP contribution in [0.2, 0.25) is 0 Å². The minimum atomic E-state index is -1.01. The number of aromatic nitrogens is 1. The molecule has 0 atom stereocenters. The molecule has 0 radical (unpaired) electrons. The molecule has 0 amide bonds. The number of carboxylic acid groups (broad SMARTS) is 1. The van der Waals surface area contributed by atoms with Crippen molar-refractivity contribution in [1.29, 1.82) is 0 Å². The van der Waals surface area contributed by atoms with Gasteiger partial charge in [0.2, 0.25) is 5.88 Å². The molecule has 2 rings (SSSR count). The zero-order valence-corrected chi connectivity index (χ0v) is 11.9. The zero-order chi connectivity index (χ0) is 15.2. The Balaban J connectivity index is 2.27. The molecule has 1 aromatic carbocycles. The van der Waals surface area contributed by atoms with E-state index in [1.807, 2.05) is 43.3 Å². The maximum atomic E-state index is 10.6. The van der Waals surface area contributed by atoms with E-state index in [0.717, 1.165) is 11.8 Å². The summed E-state index contributed by atoms with van der Waals surface area (Å²) >= 11 is 0. The lowest BCUT2D eigenvalue weighted by Crippen LogP contribution is -2.08. The molecule has 5 heteroatoms. The summed E-state index contributed by atoms with van der Waals surface area (Å²) in [4.78, 5) is 16.7. The Morgan fingerprint density at radius 2 is 2.10 bits per heavy atom. The van der Waals surface area contributed by atoms with Crippen LogP contribution in [-0.2, 0) is 4.79 Å². The summed E-state index contributed by atoms with van der Waals surface area (Å²) in [6.07, 6.45) is 4.11.